The fourth-order valence-electron chi connectivity index (χ4n) is 2.09. The third-order valence-corrected chi connectivity index (χ3v) is 4.48. The van der Waals surface area contributed by atoms with E-state index in [2.05, 4.69) is 0 Å². The van der Waals surface area contributed by atoms with Crippen LogP contribution in [0.5, 0.6) is 0 Å². The zero-order chi connectivity index (χ0) is 12.3. The summed E-state index contributed by atoms with van der Waals surface area (Å²) in [5, 5.41) is 9.86. The maximum atomic E-state index is 13.3. The van der Waals surface area contributed by atoms with Crippen LogP contribution in [0.4, 0.5) is 8.78 Å². The molecule has 1 fully saturated rings. The molecular weight excluding hydrogens is 246 g/mol. The molecule has 2 nitrogen and oxygen atoms in total. The quantitative estimate of drug-likeness (QED) is 0.893. The molecular formula is C12H8F2O2S. The monoisotopic (exact) mass is 254 g/mol. The number of carboxylic acids is 1. The van der Waals surface area contributed by atoms with Crippen LogP contribution in [0.25, 0.3) is 10.1 Å². The Morgan fingerprint density at radius 2 is 2.00 bits per heavy atom. The molecule has 0 aliphatic heterocycles. The molecule has 1 atom stereocenters. The largest absolute Gasteiger partial charge is 0.480 e. The smallest absolute Gasteiger partial charge is 0.321 e. The summed E-state index contributed by atoms with van der Waals surface area (Å²) in [5.41, 5.74) is -1.99. The fourth-order valence-corrected chi connectivity index (χ4v) is 3.38. The minimum absolute atomic E-state index is 0.246. The first-order valence-corrected chi connectivity index (χ1v) is 5.89. The van der Waals surface area contributed by atoms with Crippen molar-refractivity contribution in [1.29, 1.82) is 0 Å². The average Bonchev–Trinajstić information content (AvgIpc) is 2.69. The van der Waals surface area contributed by atoms with Crippen molar-refractivity contribution < 1.29 is 18.7 Å². The van der Waals surface area contributed by atoms with Crippen LogP contribution in [0.2, 0.25) is 0 Å². The molecule has 0 amide bonds. The first kappa shape index (κ1) is 10.7. The first-order valence-electron chi connectivity index (χ1n) is 5.08. The molecule has 0 radical (unpaired) electrons. The molecule has 1 aliphatic rings. The van der Waals surface area contributed by atoms with E-state index in [1.54, 1.807) is 30.3 Å². The van der Waals surface area contributed by atoms with E-state index in [1.165, 1.54) is 0 Å². The van der Waals surface area contributed by atoms with Crippen molar-refractivity contribution in [2.45, 2.75) is 17.8 Å². The minimum atomic E-state index is -3.13. The maximum Gasteiger partial charge on any atom is 0.321 e. The summed E-state index contributed by atoms with van der Waals surface area (Å²) in [6.07, 6.45) is -0.595. The van der Waals surface area contributed by atoms with E-state index in [-0.39, 0.29) is 4.88 Å². The van der Waals surface area contributed by atoms with Gasteiger partial charge in [0, 0.05) is 16.0 Å². The Morgan fingerprint density at radius 3 is 2.53 bits per heavy atom. The van der Waals surface area contributed by atoms with Gasteiger partial charge in [-0.25, -0.2) is 8.78 Å². The summed E-state index contributed by atoms with van der Waals surface area (Å²) < 4.78 is 27.5. The van der Waals surface area contributed by atoms with E-state index in [4.69, 9.17) is 5.11 Å². The number of carboxylic acid groups (broad SMARTS) is 1. The van der Waals surface area contributed by atoms with Gasteiger partial charge in [0.1, 0.15) is 0 Å². The molecule has 2 aromatic rings. The van der Waals surface area contributed by atoms with E-state index in [1.807, 2.05) is 0 Å². The molecule has 0 saturated heterocycles. The fraction of sp³-hybridized carbons (Fsp3) is 0.250. The highest BCUT2D eigenvalue weighted by atomic mass is 32.1. The second-order valence-corrected chi connectivity index (χ2v) is 5.32. The van der Waals surface area contributed by atoms with Crippen molar-refractivity contribution in [1.82, 2.24) is 0 Å². The molecule has 1 aromatic heterocycles. The lowest BCUT2D eigenvalue weighted by atomic mass is 10.0. The van der Waals surface area contributed by atoms with Crippen LogP contribution >= 0.6 is 11.3 Å². The number of rotatable bonds is 2. The summed E-state index contributed by atoms with van der Waals surface area (Å²) in [4.78, 5) is 11.3. The van der Waals surface area contributed by atoms with E-state index in [0.717, 1.165) is 21.4 Å². The second kappa shape index (κ2) is 3.04. The van der Waals surface area contributed by atoms with Gasteiger partial charge in [-0.1, -0.05) is 18.2 Å². The van der Waals surface area contributed by atoms with Crippen LogP contribution in [0.15, 0.2) is 30.3 Å². The average molecular weight is 254 g/mol. The molecule has 3 rings (SSSR count). The summed E-state index contributed by atoms with van der Waals surface area (Å²) in [6.45, 7) is 0. The van der Waals surface area contributed by atoms with Crippen molar-refractivity contribution in [3.63, 3.8) is 0 Å². The standard InChI is InChI=1S/C12H8F2O2S/c13-12(14)6-11(12,10(15)16)9-5-7-3-1-2-4-8(7)17-9/h1-5H,6H2,(H,15,16). The van der Waals surface area contributed by atoms with Crippen molar-refractivity contribution in [2.75, 3.05) is 0 Å². The van der Waals surface area contributed by atoms with Gasteiger partial charge >= 0.3 is 5.97 Å². The number of carbonyl (C=O) groups is 1. The lowest BCUT2D eigenvalue weighted by Gasteiger charge is -2.07. The summed E-state index contributed by atoms with van der Waals surface area (Å²) >= 11 is 1.14. The van der Waals surface area contributed by atoms with Gasteiger partial charge in [0.2, 0.25) is 0 Å². The normalized spacial score (nSPS) is 26.0. The van der Waals surface area contributed by atoms with Gasteiger partial charge in [-0.15, -0.1) is 11.3 Å². The highest BCUT2D eigenvalue weighted by Crippen LogP contribution is 2.63. The van der Waals surface area contributed by atoms with Gasteiger partial charge in [-0.3, -0.25) is 4.79 Å². The number of aliphatic carboxylic acids is 1. The van der Waals surface area contributed by atoms with E-state index in [9.17, 15) is 13.6 Å². The van der Waals surface area contributed by atoms with Crippen molar-refractivity contribution >= 4 is 27.4 Å². The molecule has 1 unspecified atom stereocenters. The Bertz CT molecular complexity index is 587. The van der Waals surface area contributed by atoms with Crippen LogP contribution in [0, 0.1) is 0 Å². The second-order valence-electron chi connectivity index (χ2n) is 4.24. The van der Waals surface area contributed by atoms with Crippen LogP contribution in [-0.4, -0.2) is 17.0 Å². The van der Waals surface area contributed by atoms with Gasteiger partial charge in [0.15, 0.2) is 5.41 Å². The highest BCUT2D eigenvalue weighted by molar-refractivity contribution is 7.19. The number of halogens is 2. The molecule has 1 saturated carbocycles. The van der Waals surface area contributed by atoms with Crippen LogP contribution in [0.1, 0.15) is 11.3 Å². The molecule has 1 aliphatic carbocycles. The number of thiophene rings is 1. The molecule has 0 bridgehead atoms. The zero-order valence-corrected chi connectivity index (χ0v) is 9.43. The Labute approximate surface area is 99.5 Å². The van der Waals surface area contributed by atoms with Gasteiger partial charge in [0.05, 0.1) is 0 Å². The maximum absolute atomic E-state index is 13.3. The molecule has 5 heteroatoms. The van der Waals surface area contributed by atoms with E-state index >= 15 is 0 Å². The van der Waals surface area contributed by atoms with Crippen LogP contribution in [0.3, 0.4) is 0 Å². The van der Waals surface area contributed by atoms with E-state index < -0.39 is 23.7 Å². The van der Waals surface area contributed by atoms with Crippen molar-refractivity contribution in [3.05, 3.63) is 35.2 Å². The summed E-state index contributed by atoms with van der Waals surface area (Å²) in [6, 6.07) is 8.78. The van der Waals surface area contributed by atoms with Crippen LogP contribution in [-0.2, 0) is 10.2 Å². The number of hydrogen-bond acceptors (Lipinski definition) is 2. The number of alkyl halides is 2. The SMILES string of the molecule is O=C(O)C1(c2cc3ccccc3s2)CC1(F)F. The Kier molecular flexibility index (Phi) is 1.91. The Hall–Kier alpha value is -1.49. The molecule has 88 valence electrons. The molecule has 0 spiro atoms. The van der Waals surface area contributed by atoms with Gasteiger partial charge in [0.25, 0.3) is 5.92 Å². The summed E-state index contributed by atoms with van der Waals surface area (Å²) in [7, 11) is 0. The predicted octanol–water partition coefficient (Wildman–Crippen LogP) is 3.26. The lowest BCUT2D eigenvalue weighted by Crippen LogP contribution is -2.25. The number of hydrogen-bond donors (Lipinski definition) is 1. The predicted molar refractivity (Wildman–Crippen MR) is 60.7 cm³/mol. The molecule has 1 heterocycles. The molecule has 1 N–H and O–H groups in total. The van der Waals surface area contributed by atoms with Crippen LogP contribution < -0.4 is 0 Å². The molecule has 17 heavy (non-hydrogen) atoms. The number of fused-ring (bicyclic) bond motifs is 1. The van der Waals surface area contributed by atoms with Crippen molar-refractivity contribution in [3.8, 4) is 0 Å². The van der Waals surface area contributed by atoms with Gasteiger partial charge in [-0.05, 0) is 17.5 Å². The van der Waals surface area contributed by atoms with Crippen molar-refractivity contribution in [2.24, 2.45) is 0 Å². The third-order valence-electron chi connectivity index (χ3n) is 3.20. The zero-order valence-electron chi connectivity index (χ0n) is 8.61. The first-order chi connectivity index (χ1) is 7.97. The lowest BCUT2D eigenvalue weighted by molar-refractivity contribution is -0.142. The minimum Gasteiger partial charge on any atom is -0.480 e. The third kappa shape index (κ3) is 1.26. The van der Waals surface area contributed by atoms with Gasteiger partial charge < -0.3 is 5.11 Å². The Balaban J connectivity index is 2.18. The summed E-state index contributed by atoms with van der Waals surface area (Å²) in [5.74, 6) is -4.56. The number of benzene rings is 1. The molecule has 1 aromatic carbocycles. The highest BCUT2D eigenvalue weighted by Gasteiger charge is 2.78. The van der Waals surface area contributed by atoms with E-state index in [0.29, 0.717) is 0 Å². The topological polar surface area (TPSA) is 37.3 Å². The Morgan fingerprint density at radius 1 is 1.35 bits per heavy atom. The van der Waals surface area contributed by atoms with Gasteiger partial charge in [-0.2, -0.15) is 0 Å².